The first-order valence-corrected chi connectivity index (χ1v) is 11.1. The van der Waals surface area contributed by atoms with Gasteiger partial charge < -0.3 is 14.2 Å². The van der Waals surface area contributed by atoms with Gasteiger partial charge >= 0.3 is 5.97 Å². The largest absolute Gasteiger partial charge is 0.492 e. The second-order valence-corrected chi connectivity index (χ2v) is 8.37. The van der Waals surface area contributed by atoms with Crippen LogP contribution in [0, 0.1) is 0 Å². The van der Waals surface area contributed by atoms with E-state index in [9.17, 15) is 4.79 Å². The molecule has 0 bridgehead atoms. The summed E-state index contributed by atoms with van der Waals surface area (Å²) in [6.45, 7) is 0.726. The number of ether oxygens (including phenoxy) is 3. The molecule has 2 atom stereocenters. The van der Waals surface area contributed by atoms with Gasteiger partial charge in [0, 0.05) is 11.3 Å². The molecule has 0 saturated carbocycles. The minimum Gasteiger partial charge on any atom is -0.492 e. The predicted octanol–water partition coefficient (Wildman–Crippen LogP) is 5.18. The Bertz CT molecular complexity index is 757. The maximum Gasteiger partial charge on any atom is 0.338 e. The quantitative estimate of drug-likeness (QED) is 0.162. The lowest BCUT2D eigenvalue weighted by molar-refractivity contribution is -0.142. The van der Waals surface area contributed by atoms with Gasteiger partial charge in [-0.1, -0.05) is 55.4 Å². The topological polar surface area (TPSA) is 48.1 Å². The molecule has 1 aromatic carbocycles. The van der Waals surface area contributed by atoms with E-state index in [-0.39, 0.29) is 12.1 Å². The first-order valence-electron chi connectivity index (χ1n) is 9.68. The Kier molecular flexibility index (Phi) is 8.13. The highest BCUT2D eigenvalue weighted by molar-refractivity contribution is 7.99. The van der Waals surface area contributed by atoms with E-state index in [1.165, 1.54) is 18.4 Å². The zero-order valence-corrected chi connectivity index (χ0v) is 17.7. The number of carbonyl (C=O) groups is 1. The van der Waals surface area contributed by atoms with Crippen molar-refractivity contribution in [2.24, 2.45) is 0 Å². The number of unbranched alkanes of at least 4 members (excludes halogenated alkanes) is 3. The molecule has 6 heteroatoms. The molecular formula is C22H26O4S2. The van der Waals surface area contributed by atoms with Crippen LogP contribution >= 0.6 is 24.0 Å². The van der Waals surface area contributed by atoms with E-state index < -0.39 is 6.10 Å². The molecule has 1 aliphatic heterocycles. The predicted molar refractivity (Wildman–Crippen MR) is 116 cm³/mol. The van der Waals surface area contributed by atoms with Crippen LogP contribution in [0.1, 0.15) is 43.8 Å². The highest BCUT2D eigenvalue weighted by Crippen LogP contribution is 2.43. The van der Waals surface area contributed by atoms with Crippen LogP contribution in [0.3, 0.4) is 0 Å². The van der Waals surface area contributed by atoms with Crippen molar-refractivity contribution in [3.63, 3.8) is 0 Å². The maximum absolute atomic E-state index is 11.6. The summed E-state index contributed by atoms with van der Waals surface area (Å²) in [5.41, 5.74) is 1.09. The molecule has 2 unspecified atom stereocenters. The van der Waals surface area contributed by atoms with Crippen molar-refractivity contribution in [2.45, 2.75) is 49.2 Å². The molecule has 2 aliphatic rings. The van der Waals surface area contributed by atoms with E-state index in [2.05, 4.69) is 12.1 Å². The number of methoxy groups -OCH3 is 1. The normalized spacial score (nSPS) is 20.6. The molecule has 0 radical (unpaired) electrons. The molecule has 1 fully saturated rings. The van der Waals surface area contributed by atoms with E-state index in [0.29, 0.717) is 0 Å². The van der Waals surface area contributed by atoms with Gasteiger partial charge in [0.25, 0.3) is 0 Å². The van der Waals surface area contributed by atoms with Crippen LogP contribution in [0.5, 0.6) is 0 Å². The Labute approximate surface area is 176 Å². The summed E-state index contributed by atoms with van der Waals surface area (Å²) in [6, 6.07) is 8.14. The van der Waals surface area contributed by atoms with Crippen LogP contribution < -0.4 is 0 Å². The van der Waals surface area contributed by atoms with Crippen molar-refractivity contribution in [3.05, 3.63) is 53.8 Å². The maximum atomic E-state index is 11.6. The molecule has 0 N–H and O–H groups in total. The summed E-state index contributed by atoms with van der Waals surface area (Å²) in [6.07, 6.45) is 10.7. The summed E-state index contributed by atoms with van der Waals surface area (Å²) in [5.74, 6) is 1.61. The number of thioether (sulfide) groups is 1. The molecule has 0 aromatic heterocycles. The molecular weight excluding hydrogens is 392 g/mol. The monoisotopic (exact) mass is 418 g/mol. The number of epoxide rings is 1. The minimum absolute atomic E-state index is 0.164. The second-order valence-electron chi connectivity index (χ2n) is 6.74. The number of allylic oxidation sites excluding steroid dienone is 4. The van der Waals surface area contributed by atoms with Crippen LogP contribution in [0.2, 0.25) is 0 Å². The fourth-order valence-corrected chi connectivity index (χ4v) is 4.38. The third-order valence-electron chi connectivity index (χ3n) is 4.67. The van der Waals surface area contributed by atoms with Gasteiger partial charge in [-0.15, -0.1) is 11.8 Å². The van der Waals surface area contributed by atoms with E-state index in [1.54, 1.807) is 0 Å². The summed E-state index contributed by atoms with van der Waals surface area (Å²) in [5, 5.41) is 0. The van der Waals surface area contributed by atoms with Gasteiger partial charge in [0.1, 0.15) is 11.9 Å². The lowest BCUT2D eigenvalue weighted by atomic mass is 10.1. The van der Waals surface area contributed by atoms with Gasteiger partial charge in [0.05, 0.1) is 18.6 Å². The first kappa shape index (κ1) is 21.1. The van der Waals surface area contributed by atoms with Crippen LogP contribution in [0.4, 0.5) is 0 Å². The number of benzene rings is 1. The summed E-state index contributed by atoms with van der Waals surface area (Å²) < 4.78 is 16.0. The van der Waals surface area contributed by atoms with Crippen molar-refractivity contribution in [1.29, 1.82) is 0 Å². The number of rotatable bonds is 11. The van der Waals surface area contributed by atoms with Crippen molar-refractivity contribution >= 4 is 34.8 Å². The smallest absolute Gasteiger partial charge is 0.338 e. The molecule has 1 heterocycles. The van der Waals surface area contributed by atoms with Gasteiger partial charge in [0.2, 0.25) is 0 Å². The molecule has 150 valence electrons. The van der Waals surface area contributed by atoms with Gasteiger partial charge in [-0.05, 0) is 36.3 Å². The highest BCUT2D eigenvalue weighted by atomic mass is 32.2. The van der Waals surface area contributed by atoms with Crippen LogP contribution in [-0.2, 0) is 19.0 Å². The van der Waals surface area contributed by atoms with E-state index in [4.69, 9.17) is 26.4 Å². The lowest BCUT2D eigenvalue weighted by Gasteiger charge is -2.12. The van der Waals surface area contributed by atoms with Crippen molar-refractivity contribution in [1.82, 2.24) is 0 Å². The van der Waals surface area contributed by atoms with E-state index >= 15 is 0 Å². The molecule has 28 heavy (non-hydrogen) atoms. The third-order valence-corrected chi connectivity index (χ3v) is 6.21. The third kappa shape index (κ3) is 5.93. The average Bonchev–Trinajstić information content (AvgIpc) is 3.51. The standard InChI is InChI=1S/C22H26O4S2/c1-24-22(23)21-20(26-21)16-10-4-7-13-19(16)28-15-9-3-2-8-14-25-17-11-5-6-12-18(17)27/h4-7,10-11,13,20-21H,2-3,8-9,12,14-15H2,1H3. The molecule has 1 aliphatic carbocycles. The molecule has 3 rings (SSSR count). The van der Waals surface area contributed by atoms with E-state index in [1.807, 2.05) is 42.1 Å². The Morgan fingerprint density at radius 1 is 1.25 bits per heavy atom. The van der Waals surface area contributed by atoms with Gasteiger partial charge in [0.15, 0.2) is 6.10 Å². The number of hydrogen-bond donors (Lipinski definition) is 0. The Balaban J connectivity index is 1.31. The average molecular weight is 419 g/mol. The summed E-state index contributed by atoms with van der Waals surface area (Å²) in [7, 11) is 1.39. The van der Waals surface area contributed by atoms with Crippen LogP contribution in [0.15, 0.2) is 53.1 Å². The molecule has 1 saturated heterocycles. The minimum atomic E-state index is -0.450. The van der Waals surface area contributed by atoms with Crippen LogP contribution in [0.25, 0.3) is 0 Å². The SMILES string of the molecule is COC(=O)C1OC1c1ccccc1SCCCCCCOC1=CC=CCC1=S. The number of hydrogen-bond acceptors (Lipinski definition) is 6. The van der Waals surface area contributed by atoms with Crippen LogP contribution in [-0.4, -0.2) is 36.4 Å². The fourth-order valence-electron chi connectivity index (χ4n) is 3.07. The number of thiocarbonyl (C=S) groups is 1. The van der Waals surface area contributed by atoms with Crippen molar-refractivity contribution in [3.8, 4) is 0 Å². The van der Waals surface area contributed by atoms with Crippen molar-refractivity contribution in [2.75, 3.05) is 19.5 Å². The Morgan fingerprint density at radius 3 is 2.89 bits per heavy atom. The zero-order chi connectivity index (χ0) is 19.8. The molecule has 4 nitrogen and oxygen atoms in total. The zero-order valence-electron chi connectivity index (χ0n) is 16.1. The first-order chi connectivity index (χ1) is 13.7. The highest BCUT2D eigenvalue weighted by Gasteiger charge is 2.48. The Hall–Kier alpha value is -1.63. The Morgan fingerprint density at radius 2 is 2.07 bits per heavy atom. The molecule has 0 amide bonds. The summed E-state index contributed by atoms with van der Waals surface area (Å²) in [4.78, 5) is 13.7. The van der Waals surface area contributed by atoms with Gasteiger partial charge in [-0.3, -0.25) is 0 Å². The van der Waals surface area contributed by atoms with Crippen molar-refractivity contribution < 1.29 is 19.0 Å². The van der Waals surface area contributed by atoms with Gasteiger partial charge in [-0.2, -0.15) is 0 Å². The summed E-state index contributed by atoms with van der Waals surface area (Å²) >= 11 is 7.11. The number of esters is 1. The van der Waals surface area contributed by atoms with E-state index in [0.717, 1.165) is 54.2 Å². The lowest BCUT2D eigenvalue weighted by Crippen LogP contribution is -2.09. The molecule has 1 aromatic rings. The number of carbonyl (C=O) groups excluding carboxylic acids is 1. The second kappa shape index (κ2) is 10.8. The van der Waals surface area contributed by atoms with Gasteiger partial charge in [-0.25, -0.2) is 4.79 Å². The molecule has 0 spiro atoms. The fraction of sp³-hybridized carbons (Fsp3) is 0.455.